The van der Waals surface area contributed by atoms with Crippen LogP contribution in [0, 0.1) is 6.92 Å². The molecule has 0 bridgehead atoms. The van der Waals surface area contributed by atoms with Crippen molar-refractivity contribution in [3.8, 4) is 5.75 Å². The zero-order chi connectivity index (χ0) is 15.2. The predicted molar refractivity (Wildman–Crippen MR) is 92.0 cm³/mol. The molecule has 0 aliphatic heterocycles. The topological polar surface area (TPSA) is 21.3 Å². The molecule has 0 aliphatic carbocycles. The van der Waals surface area contributed by atoms with Gasteiger partial charge in [0.2, 0.25) is 0 Å². The van der Waals surface area contributed by atoms with Gasteiger partial charge in [-0.25, -0.2) is 0 Å². The largest absolute Gasteiger partial charge is 0.496 e. The summed E-state index contributed by atoms with van der Waals surface area (Å²) in [6.45, 7) is 5.30. The Hall–Kier alpha value is -1.32. The zero-order valence-corrected chi connectivity index (χ0v) is 14.4. The first-order chi connectivity index (χ1) is 10.2. The summed E-state index contributed by atoms with van der Waals surface area (Å²) in [6, 6.07) is 14.7. The van der Waals surface area contributed by atoms with Gasteiger partial charge in [0.1, 0.15) is 5.75 Å². The van der Waals surface area contributed by atoms with Crippen LogP contribution in [-0.2, 0) is 0 Å². The Morgan fingerprint density at radius 2 is 1.81 bits per heavy atom. The van der Waals surface area contributed by atoms with Gasteiger partial charge in [-0.3, -0.25) is 0 Å². The lowest BCUT2D eigenvalue weighted by Gasteiger charge is -2.23. The smallest absolute Gasteiger partial charge is 0.123 e. The van der Waals surface area contributed by atoms with Crippen molar-refractivity contribution in [2.45, 2.75) is 26.3 Å². The number of benzene rings is 2. The molecule has 0 fully saturated rings. The monoisotopic (exact) mass is 347 g/mol. The van der Waals surface area contributed by atoms with E-state index in [2.05, 4.69) is 65.4 Å². The summed E-state index contributed by atoms with van der Waals surface area (Å²) in [7, 11) is 1.73. The molecule has 1 N–H and O–H groups in total. The predicted octanol–water partition coefficient (Wildman–Crippen LogP) is 4.86. The molecule has 0 radical (unpaired) electrons. The van der Waals surface area contributed by atoms with Crippen LogP contribution in [0.2, 0.25) is 0 Å². The molecule has 112 valence electrons. The first-order valence-electron chi connectivity index (χ1n) is 7.30. The third kappa shape index (κ3) is 3.66. The number of para-hydroxylation sites is 1. The number of rotatable bonds is 6. The third-order valence-electron chi connectivity index (χ3n) is 3.67. The van der Waals surface area contributed by atoms with Crippen molar-refractivity contribution in [1.82, 2.24) is 5.32 Å². The van der Waals surface area contributed by atoms with Gasteiger partial charge in [-0.1, -0.05) is 53.2 Å². The van der Waals surface area contributed by atoms with Crippen LogP contribution < -0.4 is 10.1 Å². The second-order valence-electron chi connectivity index (χ2n) is 5.08. The average molecular weight is 348 g/mol. The Bertz CT molecular complexity index is 598. The molecule has 0 spiro atoms. The minimum Gasteiger partial charge on any atom is -0.496 e. The molecule has 1 atom stereocenters. The van der Waals surface area contributed by atoms with Crippen molar-refractivity contribution in [3.63, 3.8) is 0 Å². The van der Waals surface area contributed by atoms with Crippen molar-refractivity contribution < 1.29 is 4.74 Å². The maximum Gasteiger partial charge on any atom is 0.123 e. The van der Waals surface area contributed by atoms with Gasteiger partial charge in [0, 0.05) is 10.0 Å². The number of halogens is 1. The van der Waals surface area contributed by atoms with Gasteiger partial charge in [0.25, 0.3) is 0 Å². The van der Waals surface area contributed by atoms with Crippen molar-refractivity contribution in [3.05, 3.63) is 63.6 Å². The minimum atomic E-state index is 0.138. The maximum absolute atomic E-state index is 5.55. The fourth-order valence-electron chi connectivity index (χ4n) is 2.52. The SMILES string of the molecule is CCCNC(c1ccccc1OC)c1cccc(Br)c1C. The molecule has 1 unspecified atom stereocenters. The van der Waals surface area contributed by atoms with E-state index in [1.54, 1.807) is 7.11 Å². The van der Waals surface area contributed by atoms with E-state index in [1.165, 1.54) is 16.7 Å². The Morgan fingerprint density at radius 1 is 1.10 bits per heavy atom. The van der Waals surface area contributed by atoms with Crippen LogP contribution in [0.3, 0.4) is 0 Å². The van der Waals surface area contributed by atoms with Gasteiger partial charge >= 0.3 is 0 Å². The normalized spacial score (nSPS) is 12.2. The summed E-state index contributed by atoms with van der Waals surface area (Å²) in [6.07, 6.45) is 1.10. The van der Waals surface area contributed by atoms with E-state index in [4.69, 9.17) is 4.74 Å². The molecule has 2 aromatic rings. The van der Waals surface area contributed by atoms with Gasteiger partial charge < -0.3 is 10.1 Å². The summed E-state index contributed by atoms with van der Waals surface area (Å²) >= 11 is 3.63. The van der Waals surface area contributed by atoms with Gasteiger partial charge in [0.05, 0.1) is 13.2 Å². The van der Waals surface area contributed by atoms with Crippen molar-refractivity contribution >= 4 is 15.9 Å². The maximum atomic E-state index is 5.55. The van der Waals surface area contributed by atoms with Crippen LogP contribution in [0.15, 0.2) is 46.9 Å². The zero-order valence-electron chi connectivity index (χ0n) is 12.8. The minimum absolute atomic E-state index is 0.138. The number of methoxy groups -OCH3 is 1. The van der Waals surface area contributed by atoms with Crippen molar-refractivity contribution in [1.29, 1.82) is 0 Å². The molecule has 3 heteroatoms. The van der Waals surface area contributed by atoms with Crippen LogP contribution >= 0.6 is 15.9 Å². The molecule has 2 rings (SSSR count). The lowest BCUT2D eigenvalue weighted by atomic mass is 9.94. The lowest BCUT2D eigenvalue weighted by Crippen LogP contribution is -2.24. The number of hydrogen-bond acceptors (Lipinski definition) is 2. The molecule has 21 heavy (non-hydrogen) atoms. The van der Waals surface area contributed by atoms with Crippen LogP contribution in [0.5, 0.6) is 5.75 Å². The summed E-state index contributed by atoms with van der Waals surface area (Å²) in [4.78, 5) is 0. The second kappa shape index (κ2) is 7.62. The van der Waals surface area contributed by atoms with Crippen LogP contribution in [0.1, 0.15) is 36.1 Å². The summed E-state index contributed by atoms with van der Waals surface area (Å²) in [5, 5.41) is 3.64. The lowest BCUT2D eigenvalue weighted by molar-refractivity contribution is 0.403. The summed E-state index contributed by atoms with van der Waals surface area (Å²) in [5.41, 5.74) is 3.72. The van der Waals surface area contributed by atoms with E-state index in [9.17, 15) is 0 Å². The highest BCUT2D eigenvalue weighted by molar-refractivity contribution is 9.10. The number of nitrogens with one attached hydrogen (secondary N) is 1. The van der Waals surface area contributed by atoms with Gasteiger partial charge in [-0.05, 0) is 43.1 Å². The van der Waals surface area contributed by atoms with Crippen molar-refractivity contribution in [2.24, 2.45) is 0 Å². The molecule has 0 aromatic heterocycles. The summed E-state index contributed by atoms with van der Waals surface area (Å²) in [5.74, 6) is 0.922. The highest BCUT2D eigenvalue weighted by Crippen LogP contribution is 2.33. The Morgan fingerprint density at radius 3 is 2.52 bits per heavy atom. The summed E-state index contributed by atoms with van der Waals surface area (Å²) < 4.78 is 6.68. The van der Waals surface area contributed by atoms with E-state index in [-0.39, 0.29) is 6.04 Å². The number of hydrogen-bond donors (Lipinski definition) is 1. The van der Waals surface area contributed by atoms with Gasteiger partial charge in [-0.2, -0.15) is 0 Å². The molecule has 0 aliphatic rings. The molecular formula is C18H22BrNO. The third-order valence-corrected chi connectivity index (χ3v) is 4.53. The fraction of sp³-hybridized carbons (Fsp3) is 0.333. The van der Waals surface area contributed by atoms with Crippen molar-refractivity contribution in [2.75, 3.05) is 13.7 Å². The van der Waals surface area contributed by atoms with E-state index in [0.717, 1.165) is 23.2 Å². The quantitative estimate of drug-likeness (QED) is 0.805. The van der Waals surface area contributed by atoms with Crippen LogP contribution in [0.25, 0.3) is 0 Å². The Labute approximate surface area is 135 Å². The Kier molecular flexibility index (Phi) is 5.83. The molecule has 0 heterocycles. The molecular weight excluding hydrogens is 326 g/mol. The van der Waals surface area contributed by atoms with E-state index >= 15 is 0 Å². The van der Waals surface area contributed by atoms with Crippen LogP contribution in [-0.4, -0.2) is 13.7 Å². The number of ether oxygens (including phenoxy) is 1. The first-order valence-corrected chi connectivity index (χ1v) is 8.09. The van der Waals surface area contributed by atoms with Crippen LogP contribution in [0.4, 0.5) is 0 Å². The molecule has 2 aromatic carbocycles. The van der Waals surface area contributed by atoms with E-state index in [1.807, 2.05) is 12.1 Å². The molecule has 2 nitrogen and oxygen atoms in total. The highest BCUT2D eigenvalue weighted by atomic mass is 79.9. The van der Waals surface area contributed by atoms with E-state index in [0.29, 0.717) is 0 Å². The second-order valence-corrected chi connectivity index (χ2v) is 5.94. The molecule has 0 saturated heterocycles. The first kappa shape index (κ1) is 16.1. The fourth-order valence-corrected chi connectivity index (χ4v) is 2.90. The Balaban J connectivity index is 2.50. The molecule has 0 saturated carbocycles. The molecule has 0 amide bonds. The average Bonchev–Trinajstić information content (AvgIpc) is 2.52. The van der Waals surface area contributed by atoms with Gasteiger partial charge in [0.15, 0.2) is 0 Å². The van der Waals surface area contributed by atoms with Gasteiger partial charge in [-0.15, -0.1) is 0 Å². The van der Waals surface area contributed by atoms with E-state index < -0.39 is 0 Å². The highest BCUT2D eigenvalue weighted by Gasteiger charge is 2.19. The standard InChI is InChI=1S/C18H22BrNO/c1-4-12-20-18(14-9-7-10-16(19)13(14)2)15-8-5-6-11-17(15)21-3/h5-11,18,20H,4,12H2,1-3H3.